The van der Waals surface area contributed by atoms with Gasteiger partial charge in [0, 0.05) is 19.0 Å². The normalized spacial score (nSPS) is 14.9. The van der Waals surface area contributed by atoms with Crippen molar-refractivity contribution in [1.82, 2.24) is 9.55 Å². The van der Waals surface area contributed by atoms with Gasteiger partial charge in [-0.2, -0.15) is 0 Å². The van der Waals surface area contributed by atoms with E-state index in [2.05, 4.69) is 27.8 Å². The fourth-order valence-corrected chi connectivity index (χ4v) is 2.91. The molecule has 1 unspecified atom stereocenters. The summed E-state index contributed by atoms with van der Waals surface area (Å²) in [4.78, 5) is 4.41. The fraction of sp³-hybridized carbons (Fsp3) is 0.235. The molecule has 0 saturated carbocycles. The molecular weight excluding hydrogens is 262 g/mol. The first-order valence-corrected chi connectivity index (χ1v) is 7.22. The van der Waals surface area contributed by atoms with Crippen LogP contribution in [0.25, 0.3) is 11.0 Å². The van der Waals surface area contributed by atoms with Gasteiger partial charge in [-0.3, -0.25) is 0 Å². The molecule has 4 nitrogen and oxygen atoms in total. The van der Waals surface area contributed by atoms with Gasteiger partial charge < -0.3 is 15.0 Å². The molecule has 1 aliphatic heterocycles. The number of ether oxygens (including phenoxy) is 1. The first kappa shape index (κ1) is 12.4. The Morgan fingerprint density at radius 2 is 2.14 bits per heavy atom. The fourth-order valence-electron chi connectivity index (χ4n) is 2.91. The summed E-state index contributed by atoms with van der Waals surface area (Å²) in [7, 11) is 0. The smallest absolute Gasteiger partial charge is 0.122 e. The van der Waals surface area contributed by atoms with Crippen LogP contribution in [-0.2, 0) is 13.0 Å². The summed E-state index contributed by atoms with van der Waals surface area (Å²) in [5.74, 6) is 0.999. The lowest BCUT2D eigenvalue weighted by Gasteiger charge is -2.14. The van der Waals surface area contributed by atoms with Crippen molar-refractivity contribution in [1.29, 1.82) is 0 Å². The third kappa shape index (κ3) is 2.17. The highest BCUT2D eigenvalue weighted by molar-refractivity contribution is 5.74. The maximum Gasteiger partial charge on any atom is 0.122 e. The van der Waals surface area contributed by atoms with Crippen LogP contribution in [0.5, 0.6) is 5.75 Å². The molecule has 0 saturated heterocycles. The minimum absolute atomic E-state index is 0.0477. The molecule has 4 heteroatoms. The summed E-state index contributed by atoms with van der Waals surface area (Å²) in [5.41, 5.74) is 10.9. The predicted octanol–water partition coefficient (Wildman–Crippen LogP) is 2.67. The number of benzene rings is 2. The highest BCUT2D eigenvalue weighted by Gasteiger charge is 2.15. The number of fused-ring (bicyclic) bond motifs is 2. The summed E-state index contributed by atoms with van der Waals surface area (Å²) >= 11 is 0. The SMILES string of the molecule is NC(Cn1cnc2ccccc21)c1ccc2c(c1)CCO2. The molecule has 2 N–H and O–H groups in total. The Balaban J connectivity index is 1.62. The van der Waals surface area contributed by atoms with E-state index in [1.807, 2.05) is 30.6 Å². The summed E-state index contributed by atoms with van der Waals surface area (Å²) in [6.45, 7) is 1.50. The molecule has 21 heavy (non-hydrogen) atoms. The Bertz CT molecular complexity index is 794. The van der Waals surface area contributed by atoms with Crippen molar-refractivity contribution in [3.8, 4) is 5.75 Å². The Labute approximate surface area is 123 Å². The van der Waals surface area contributed by atoms with E-state index >= 15 is 0 Å². The molecule has 0 spiro atoms. The maximum absolute atomic E-state index is 6.38. The van der Waals surface area contributed by atoms with Gasteiger partial charge in [-0.05, 0) is 29.3 Å². The van der Waals surface area contributed by atoms with Gasteiger partial charge in [0.1, 0.15) is 5.75 Å². The number of hydrogen-bond donors (Lipinski definition) is 1. The molecule has 1 aromatic heterocycles. The van der Waals surface area contributed by atoms with E-state index in [0.29, 0.717) is 0 Å². The minimum atomic E-state index is -0.0477. The van der Waals surface area contributed by atoms with E-state index in [9.17, 15) is 0 Å². The number of rotatable bonds is 3. The highest BCUT2D eigenvalue weighted by atomic mass is 16.5. The molecule has 2 aromatic carbocycles. The van der Waals surface area contributed by atoms with Crippen LogP contribution in [0.15, 0.2) is 48.8 Å². The maximum atomic E-state index is 6.38. The summed E-state index contributed by atoms with van der Waals surface area (Å²) in [6, 6.07) is 14.3. The number of hydrogen-bond acceptors (Lipinski definition) is 3. The first-order chi connectivity index (χ1) is 10.3. The second kappa shape index (κ2) is 4.90. The number of nitrogens with two attached hydrogens (primary N) is 1. The van der Waals surface area contributed by atoms with Crippen LogP contribution < -0.4 is 10.5 Å². The van der Waals surface area contributed by atoms with Gasteiger partial charge >= 0.3 is 0 Å². The molecule has 0 radical (unpaired) electrons. The second-order valence-electron chi connectivity index (χ2n) is 5.46. The third-order valence-electron chi connectivity index (χ3n) is 4.06. The Kier molecular flexibility index (Phi) is 2.89. The third-order valence-corrected chi connectivity index (χ3v) is 4.06. The molecule has 4 rings (SSSR count). The van der Waals surface area contributed by atoms with Gasteiger partial charge in [-0.1, -0.05) is 24.3 Å². The van der Waals surface area contributed by atoms with Gasteiger partial charge in [0.15, 0.2) is 0 Å². The molecule has 2 heterocycles. The first-order valence-electron chi connectivity index (χ1n) is 7.22. The molecule has 1 atom stereocenters. The lowest BCUT2D eigenvalue weighted by Crippen LogP contribution is -2.17. The topological polar surface area (TPSA) is 53.1 Å². The Morgan fingerprint density at radius 3 is 3.10 bits per heavy atom. The van der Waals surface area contributed by atoms with Gasteiger partial charge in [0.05, 0.1) is 24.0 Å². The Morgan fingerprint density at radius 1 is 1.24 bits per heavy atom. The van der Waals surface area contributed by atoms with Crippen molar-refractivity contribution < 1.29 is 4.74 Å². The molecule has 0 bridgehead atoms. The number of imidazole rings is 1. The molecule has 3 aromatic rings. The van der Waals surface area contributed by atoms with Crippen molar-refractivity contribution in [2.75, 3.05) is 6.61 Å². The minimum Gasteiger partial charge on any atom is -0.493 e. The molecule has 0 fully saturated rings. The van der Waals surface area contributed by atoms with Crippen LogP contribution >= 0.6 is 0 Å². The van der Waals surface area contributed by atoms with E-state index in [4.69, 9.17) is 10.5 Å². The average Bonchev–Trinajstić information content (AvgIpc) is 3.13. The lowest BCUT2D eigenvalue weighted by atomic mass is 10.0. The van der Waals surface area contributed by atoms with E-state index in [1.165, 1.54) is 5.56 Å². The van der Waals surface area contributed by atoms with Crippen molar-refractivity contribution >= 4 is 11.0 Å². The number of para-hydroxylation sites is 2. The molecule has 0 aliphatic carbocycles. The number of aromatic nitrogens is 2. The average molecular weight is 279 g/mol. The van der Waals surface area contributed by atoms with Crippen LogP contribution in [0.4, 0.5) is 0 Å². The van der Waals surface area contributed by atoms with Crippen molar-refractivity contribution in [2.24, 2.45) is 5.73 Å². The van der Waals surface area contributed by atoms with Gasteiger partial charge in [0.25, 0.3) is 0 Å². The molecule has 0 amide bonds. The highest BCUT2D eigenvalue weighted by Crippen LogP contribution is 2.28. The molecule has 106 valence electrons. The van der Waals surface area contributed by atoms with E-state index in [-0.39, 0.29) is 6.04 Å². The summed E-state index contributed by atoms with van der Waals surface area (Å²) in [6.07, 6.45) is 2.84. The zero-order valence-electron chi connectivity index (χ0n) is 11.7. The zero-order chi connectivity index (χ0) is 14.2. The molecule has 1 aliphatic rings. The van der Waals surface area contributed by atoms with E-state index in [0.717, 1.165) is 41.9 Å². The molecular formula is C17H17N3O. The largest absolute Gasteiger partial charge is 0.493 e. The lowest BCUT2D eigenvalue weighted by molar-refractivity contribution is 0.356. The van der Waals surface area contributed by atoms with Crippen molar-refractivity contribution in [3.63, 3.8) is 0 Å². The summed E-state index contributed by atoms with van der Waals surface area (Å²) in [5, 5.41) is 0. The van der Waals surface area contributed by atoms with Crippen molar-refractivity contribution in [2.45, 2.75) is 19.0 Å². The quantitative estimate of drug-likeness (QED) is 0.802. The van der Waals surface area contributed by atoms with Crippen molar-refractivity contribution in [3.05, 3.63) is 59.9 Å². The van der Waals surface area contributed by atoms with Crippen LogP contribution in [0.1, 0.15) is 17.2 Å². The monoisotopic (exact) mass is 279 g/mol. The van der Waals surface area contributed by atoms with Gasteiger partial charge in [-0.15, -0.1) is 0 Å². The Hall–Kier alpha value is -2.33. The van der Waals surface area contributed by atoms with Crippen LogP contribution in [-0.4, -0.2) is 16.2 Å². The predicted molar refractivity (Wildman–Crippen MR) is 82.3 cm³/mol. The van der Waals surface area contributed by atoms with Gasteiger partial charge in [0.2, 0.25) is 0 Å². The van der Waals surface area contributed by atoms with Crippen LogP contribution in [0.2, 0.25) is 0 Å². The van der Waals surface area contributed by atoms with E-state index < -0.39 is 0 Å². The standard InChI is InChI=1S/C17H17N3O/c18-14(12-5-6-17-13(9-12)7-8-21-17)10-20-11-19-15-3-1-2-4-16(15)20/h1-6,9,11,14H,7-8,10,18H2. The zero-order valence-corrected chi connectivity index (χ0v) is 11.7. The van der Waals surface area contributed by atoms with Gasteiger partial charge in [-0.25, -0.2) is 4.98 Å². The summed E-state index contributed by atoms with van der Waals surface area (Å²) < 4.78 is 7.66. The number of nitrogens with zero attached hydrogens (tertiary/aromatic N) is 2. The van der Waals surface area contributed by atoms with E-state index in [1.54, 1.807) is 0 Å². The van der Waals surface area contributed by atoms with Crippen LogP contribution in [0.3, 0.4) is 0 Å². The second-order valence-corrected chi connectivity index (χ2v) is 5.46. The van der Waals surface area contributed by atoms with Crippen LogP contribution in [0, 0.1) is 0 Å².